The Labute approximate surface area is 651 Å². The molecule has 0 aromatic carbocycles. The van der Waals surface area contributed by atoms with Crippen LogP contribution in [-0.2, 0) is 65.4 Å². The lowest BCUT2D eigenvalue weighted by atomic mass is 10.0. The number of carbonyl (C=O) groups excluding carboxylic acids is 4. The van der Waals surface area contributed by atoms with Crippen molar-refractivity contribution >= 4 is 39.5 Å². The van der Waals surface area contributed by atoms with Crippen LogP contribution in [0.4, 0.5) is 0 Å². The minimum atomic E-state index is -4.97. The molecule has 0 aliphatic rings. The zero-order chi connectivity index (χ0) is 77.9. The summed E-state index contributed by atoms with van der Waals surface area (Å²) in [5, 5.41) is 10.7. The van der Waals surface area contributed by atoms with Crippen LogP contribution in [0.1, 0.15) is 459 Å². The van der Waals surface area contributed by atoms with Gasteiger partial charge < -0.3 is 33.8 Å². The minimum absolute atomic E-state index is 0.107. The summed E-state index contributed by atoms with van der Waals surface area (Å²) in [6.07, 6.45) is 67.9. The predicted octanol–water partition coefficient (Wildman–Crippen LogP) is 26.5. The van der Waals surface area contributed by atoms with E-state index in [0.29, 0.717) is 25.7 Å². The molecule has 19 heteroatoms. The van der Waals surface area contributed by atoms with Gasteiger partial charge in [-0.15, -0.1) is 0 Å². The van der Waals surface area contributed by atoms with Gasteiger partial charge in [0.2, 0.25) is 0 Å². The van der Waals surface area contributed by atoms with E-state index in [1.807, 2.05) is 0 Å². The van der Waals surface area contributed by atoms with Crippen molar-refractivity contribution in [3.05, 3.63) is 0 Å². The SMILES string of the molecule is CCCCCCCCCCCCCCCC(=O)OC[C@H](COP(=O)(O)OC[C@H](O)COP(=O)(O)OC[C@@H](COC(=O)CCCCCCCCCCCCCCCCC(C)C)OC(=O)CCCCCCCCCCCCCCCCCCCCC(C)C)OC(=O)CCCCCCCCCCCCCCC(C)C. The Morgan fingerprint density at radius 3 is 0.642 bits per heavy atom. The molecule has 17 nitrogen and oxygen atoms in total. The van der Waals surface area contributed by atoms with Crippen molar-refractivity contribution in [2.45, 2.75) is 478 Å². The van der Waals surface area contributed by atoms with Crippen molar-refractivity contribution in [2.75, 3.05) is 39.6 Å². The maximum atomic E-state index is 13.2. The van der Waals surface area contributed by atoms with Crippen LogP contribution in [0, 0.1) is 17.8 Å². The number of hydrogen-bond donors (Lipinski definition) is 3. The topological polar surface area (TPSA) is 237 Å². The molecule has 0 heterocycles. The Balaban J connectivity index is 5.26. The van der Waals surface area contributed by atoms with Crippen LogP contribution in [0.15, 0.2) is 0 Å². The smallest absolute Gasteiger partial charge is 0.462 e. The molecule has 630 valence electrons. The number of aliphatic hydroxyl groups excluding tert-OH is 1. The van der Waals surface area contributed by atoms with Crippen LogP contribution >= 0.6 is 15.6 Å². The quantitative estimate of drug-likeness (QED) is 0.0222. The molecule has 0 saturated carbocycles. The Morgan fingerprint density at radius 1 is 0.255 bits per heavy atom. The minimum Gasteiger partial charge on any atom is -0.462 e. The van der Waals surface area contributed by atoms with Gasteiger partial charge in [-0.05, 0) is 43.4 Å². The van der Waals surface area contributed by atoms with Crippen molar-refractivity contribution in [2.24, 2.45) is 17.8 Å². The molecule has 0 aromatic rings. The standard InChI is InChI=1S/C87H170O17P2/c1-8-9-10-11-12-13-14-23-33-40-47-54-61-68-84(89)97-74-83(104-87(92)71-64-57-50-43-36-29-28-32-39-46-53-60-67-80(6)7)77-102-106(95,96)100-73-81(88)72-99-105(93,94)101-76-82(75-98-85(90)69-62-55-48-41-34-26-22-21-25-31-38-45-52-59-66-79(4)5)103-86(91)70-63-56-49-42-35-27-20-18-16-15-17-19-24-30-37-44-51-58-65-78(2)3/h78-83,88H,8-77H2,1-7H3,(H,93,94)(H,95,96)/t81-,82-,83-/m1/s1. The highest BCUT2D eigenvalue weighted by Crippen LogP contribution is 2.45. The first kappa shape index (κ1) is 104. The monoisotopic (exact) mass is 1550 g/mol. The average molecular weight is 1550 g/mol. The zero-order valence-corrected chi connectivity index (χ0v) is 71.7. The van der Waals surface area contributed by atoms with Gasteiger partial charge >= 0.3 is 39.5 Å². The fourth-order valence-corrected chi connectivity index (χ4v) is 15.1. The maximum absolute atomic E-state index is 13.2. The first-order valence-corrected chi connectivity index (χ1v) is 47.8. The number of aliphatic hydroxyl groups is 1. The summed E-state index contributed by atoms with van der Waals surface area (Å²) in [6.45, 7) is 12.1. The molecule has 0 bridgehead atoms. The molecule has 0 amide bonds. The summed E-state index contributed by atoms with van der Waals surface area (Å²) in [5.74, 6) is 0.295. The number of carbonyl (C=O) groups is 4. The van der Waals surface area contributed by atoms with Crippen molar-refractivity contribution in [3.63, 3.8) is 0 Å². The molecular formula is C87H170O17P2. The van der Waals surface area contributed by atoms with E-state index < -0.39 is 97.5 Å². The van der Waals surface area contributed by atoms with Gasteiger partial charge in [0.05, 0.1) is 26.4 Å². The lowest BCUT2D eigenvalue weighted by Gasteiger charge is -2.21. The second-order valence-corrected chi connectivity index (χ2v) is 35.6. The van der Waals surface area contributed by atoms with Crippen molar-refractivity contribution in [1.29, 1.82) is 0 Å². The van der Waals surface area contributed by atoms with Gasteiger partial charge in [-0.3, -0.25) is 37.3 Å². The van der Waals surface area contributed by atoms with Crippen molar-refractivity contribution < 1.29 is 80.2 Å². The number of ether oxygens (including phenoxy) is 4. The van der Waals surface area contributed by atoms with Gasteiger partial charge in [0.1, 0.15) is 19.3 Å². The number of hydrogen-bond acceptors (Lipinski definition) is 15. The van der Waals surface area contributed by atoms with E-state index in [1.54, 1.807) is 0 Å². The Morgan fingerprint density at radius 2 is 0.434 bits per heavy atom. The van der Waals surface area contributed by atoms with Crippen LogP contribution in [-0.4, -0.2) is 96.7 Å². The normalized spacial score (nSPS) is 13.9. The third-order valence-electron chi connectivity index (χ3n) is 20.4. The molecule has 0 aliphatic carbocycles. The van der Waals surface area contributed by atoms with E-state index in [0.717, 1.165) is 108 Å². The van der Waals surface area contributed by atoms with Gasteiger partial charge in [0, 0.05) is 25.7 Å². The second-order valence-electron chi connectivity index (χ2n) is 32.7. The first-order valence-electron chi connectivity index (χ1n) is 44.8. The summed E-state index contributed by atoms with van der Waals surface area (Å²) in [4.78, 5) is 73.3. The molecule has 106 heavy (non-hydrogen) atoms. The molecule has 0 fully saturated rings. The molecular weight excluding hydrogens is 1380 g/mol. The van der Waals surface area contributed by atoms with E-state index in [-0.39, 0.29) is 25.7 Å². The van der Waals surface area contributed by atoms with Crippen molar-refractivity contribution in [1.82, 2.24) is 0 Å². The summed E-state index contributed by atoms with van der Waals surface area (Å²) in [7, 11) is -9.93. The summed E-state index contributed by atoms with van der Waals surface area (Å²) in [6, 6.07) is 0. The molecule has 0 aliphatic heterocycles. The molecule has 5 atom stereocenters. The van der Waals surface area contributed by atoms with E-state index in [9.17, 15) is 43.2 Å². The van der Waals surface area contributed by atoms with Crippen LogP contribution < -0.4 is 0 Å². The van der Waals surface area contributed by atoms with Crippen LogP contribution in [0.2, 0.25) is 0 Å². The summed E-state index contributed by atoms with van der Waals surface area (Å²) in [5.41, 5.74) is 0. The van der Waals surface area contributed by atoms with E-state index in [1.165, 1.54) is 270 Å². The maximum Gasteiger partial charge on any atom is 0.472 e. The first-order chi connectivity index (χ1) is 51.2. The predicted molar refractivity (Wildman–Crippen MR) is 437 cm³/mol. The van der Waals surface area contributed by atoms with E-state index >= 15 is 0 Å². The highest BCUT2D eigenvalue weighted by Gasteiger charge is 2.30. The number of esters is 4. The Kier molecular flexibility index (Phi) is 75.6. The van der Waals surface area contributed by atoms with Crippen LogP contribution in [0.5, 0.6) is 0 Å². The molecule has 2 unspecified atom stereocenters. The summed E-state index contributed by atoms with van der Waals surface area (Å²) >= 11 is 0. The van der Waals surface area contributed by atoms with Gasteiger partial charge in [-0.25, -0.2) is 9.13 Å². The average Bonchev–Trinajstić information content (AvgIpc) is 0.902. The van der Waals surface area contributed by atoms with Crippen LogP contribution in [0.25, 0.3) is 0 Å². The van der Waals surface area contributed by atoms with Crippen LogP contribution in [0.3, 0.4) is 0 Å². The third kappa shape index (κ3) is 80.1. The lowest BCUT2D eigenvalue weighted by Crippen LogP contribution is -2.30. The second kappa shape index (κ2) is 77.0. The highest BCUT2D eigenvalue weighted by molar-refractivity contribution is 7.47. The number of phosphoric ester groups is 2. The van der Waals surface area contributed by atoms with E-state index in [2.05, 4.69) is 48.5 Å². The van der Waals surface area contributed by atoms with E-state index in [4.69, 9.17) is 37.0 Å². The van der Waals surface area contributed by atoms with Crippen molar-refractivity contribution in [3.8, 4) is 0 Å². The largest absolute Gasteiger partial charge is 0.472 e. The van der Waals surface area contributed by atoms with Gasteiger partial charge in [-0.1, -0.05) is 408 Å². The van der Waals surface area contributed by atoms with Gasteiger partial charge in [0.15, 0.2) is 12.2 Å². The Bertz CT molecular complexity index is 2040. The van der Waals surface area contributed by atoms with Gasteiger partial charge in [0.25, 0.3) is 0 Å². The zero-order valence-electron chi connectivity index (χ0n) is 69.9. The Hall–Kier alpha value is -1.94. The summed E-state index contributed by atoms with van der Waals surface area (Å²) < 4.78 is 69.0. The number of rotatable bonds is 85. The number of unbranched alkanes of at least 4 members (excludes halogenated alkanes) is 53. The molecule has 0 spiro atoms. The van der Waals surface area contributed by atoms with Gasteiger partial charge in [-0.2, -0.15) is 0 Å². The molecule has 3 N–H and O–H groups in total. The molecule has 0 aromatic heterocycles. The molecule has 0 rings (SSSR count). The fourth-order valence-electron chi connectivity index (χ4n) is 13.5. The number of phosphoric acid groups is 2. The molecule has 0 radical (unpaired) electrons. The molecule has 0 saturated heterocycles. The highest BCUT2D eigenvalue weighted by atomic mass is 31.2. The third-order valence-corrected chi connectivity index (χ3v) is 22.3. The lowest BCUT2D eigenvalue weighted by molar-refractivity contribution is -0.161. The fraction of sp³-hybridized carbons (Fsp3) is 0.954.